The van der Waals surface area contributed by atoms with Crippen LogP contribution in [0.5, 0.6) is 0 Å². The Balaban J connectivity index is 2.36. The number of imidazole rings is 1. The number of halogens is 4. The average Bonchev–Trinajstić information content (AvgIpc) is 2.97. The first-order valence-corrected chi connectivity index (χ1v) is 9.99. The zero-order valence-electron chi connectivity index (χ0n) is 14.9. The van der Waals surface area contributed by atoms with E-state index >= 15 is 0 Å². The van der Waals surface area contributed by atoms with E-state index < -0.39 is 28.6 Å². The molecular formula is C16H14BrF3N4O3S. The van der Waals surface area contributed by atoms with Gasteiger partial charge in [-0.25, -0.2) is 9.97 Å². The number of aromatic nitrogens is 4. The van der Waals surface area contributed by atoms with Gasteiger partial charge in [0.05, 0.1) is 5.52 Å². The fraction of sp³-hybridized carbons (Fsp3) is 0.312. The van der Waals surface area contributed by atoms with Crippen molar-refractivity contribution in [3.05, 3.63) is 38.9 Å². The summed E-state index contributed by atoms with van der Waals surface area (Å²) in [6, 6.07) is 2.34. The van der Waals surface area contributed by atoms with Crippen molar-refractivity contribution in [3.63, 3.8) is 0 Å². The summed E-state index contributed by atoms with van der Waals surface area (Å²) in [5, 5.41) is 0. The van der Waals surface area contributed by atoms with Gasteiger partial charge < -0.3 is 14.0 Å². The predicted octanol–water partition coefficient (Wildman–Crippen LogP) is 2.76. The molecule has 150 valence electrons. The molecule has 0 aliphatic heterocycles. The maximum absolute atomic E-state index is 13.3. The number of aryl methyl sites for hydroxylation is 1. The quantitative estimate of drug-likeness (QED) is 0.538. The minimum Gasteiger partial charge on any atom is -0.611 e. The lowest BCUT2D eigenvalue weighted by Crippen LogP contribution is -2.32. The Morgan fingerprint density at radius 1 is 1.36 bits per heavy atom. The number of fused-ring (bicyclic) bond motifs is 1. The molecule has 0 spiro atoms. The lowest BCUT2D eigenvalue weighted by Gasteiger charge is -2.13. The molecule has 0 aliphatic carbocycles. The van der Waals surface area contributed by atoms with E-state index in [1.807, 2.05) is 0 Å². The molecule has 1 atom stereocenters. The van der Waals surface area contributed by atoms with Crippen molar-refractivity contribution in [2.24, 2.45) is 7.05 Å². The molecule has 3 rings (SSSR count). The average molecular weight is 479 g/mol. The van der Waals surface area contributed by atoms with Gasteiger partial charge in [-0.05, 0) is 40.1 Å². The number of alkyl halides is 3. The zero-order valence-corrected chi connectivity index (χ0v) is 17.3. The number of rotatable bonds is 4. The lowest BCUT2D eigenvalue weighted by atomic mass is 10.3. The Morgan fingerprint density at radius 2 is 2.04 bits per heavy atom. The summed E-state index contributed by atoms with van der Waals surface area (Å²) in [5.41, 5.74) is -2.33. The van der Waals surface area contributed by atoms with Gasteiger partial charge in [0.25, 0.3) is 0 Å². The van der Waals surface area contributed by atoms with E-state index in [-0.39, 0.29) is 27.3 Å². The molecule has 0 aliphatic rings. The van der Waals surface area contributed by atoms with Crippen LogP contribution in [0.1, 0.15) is 12.6 Å². The van der Waals surface area contributed by atoms with Crippen molar-refractivity contribution in [2.75, 3.05) is 12.9 Å². The summed E-state index contributed by atoms with van der Waals surface area (Å²) >= 11 is 1.86. The number of pyridine rings is 2. The van der Waals surface area contributed by atoms with Gasteiger partial charge in [0.15, 0.2) is 22.1 Å². The molecule has 0 aromatic carbocycles. The molecule has 0 saturated heterocycles. The Bertz CT molecular complexity index is 1110. The molecule has 7 nitrogen and oxygen atoms in total. The van der Waals surface area contributed by atoms with Gasteiger partial charge in [0, 0.05) is 23.8 Å². The molecule has 0 saturated carbocycles. The van der Waals surface area contributed by atoms with Gasteiger partial charge in [-0.1, -0.05) is 0 Å². The highest BCUT2D eigenvalue weighted by Crippen LogP contribution is 2.32. The van der Waals surface area contributed by atoms with Crippen LogP contribution in [0.2, 0.25) is 0 Å². The van der Waals surface area contributed by atoms with E-state index in [9.17, 15) is 22.5 Å². The zero-order chi connectivity index (χ0) is 20.8. The molecular weight excluding hydrogens is 465 g/mol. The summed E-state index contributed by atoms with van der Waals surface area (Å²) in [7, 11) is 2.44. The van der Waals surface area contributed by atoms with Gasteiger partial charge in [-0.2, -0.15) is 13.2 Å². The molecule has 0 radical (unpaired) electrons. The van der Waals surface area contributed by atoms with Crippen LogP contribution in [0.3, 0.4) is 0 Å². The molecule has 12 heteroatoms. The highest BCUT2D eigenvalue weighted by molar-refractivity contribution is 9.10. The van der Waals surface area contributed by atoms with Crippen LogP contribution in [-0.2, 0) is 24.4 Å². The summed E-state index contributed by atoms with van der Waals surface area (Å²) < 4.78 is 54.4. The van der Waals surface area contributed by atoms with Crippen LogP contribution in [-0.4, -0.2) is 36.7 Å². The fourth-order valence-corrected chi connectivity index (χ4v) is 4.19. The summed E-state index contributed by atoms with van der Waals surface area (Å²) in [6.45, 7) is 1.72. The minimum atomic E-state index is -4.81. The van der Waals surface area contributed by atoms with E-state index in [1.54, 1.807) is 13.0 Å². The summed E-state index contributed by atoms with van der Waals surface area (Å²) in [4.78, 5) is 26.0. The Hall–Kier alpha value is -2.05. The van der Waals surface area contributed by atoms with Gasteiger partial charge in [-0.3, -0.25) is 4.79 Å². The molecule has 0 fully saturated rings. The highest BCUT2D eigenvalue weighted by atomic mass is 79.9. The maximum Gasteiger partial charge on any atom is 0.435 e. The lowest BCUT2D eigenvalue weighted by molar-refractivity contribution is -0.151. The molecule has 3 heterocycles. The number of hydrogen-bond donors (Lipinski definition) is 0. The Kier molecular flexibility index (Phi) is 5.47. The first-order chi connectivity index (χ1) is 13.1. The van der Waals surface area contributed by atoms with E-state index in [4.69, 9.17) is 0 Å². The predicted molar refractivity (Wildman–Crippen MR) is 100 cm³/mol. The minimum absolute atomic E-state index is 0.0946. The first-order valence-electron chi connectivity index (χ1n) is 7.88. The van der Waals surface area contributed by atoms with E-state index in [1.165, 1.54) is 17.8 Å². The smallest absolute Gasteiger partial charge is 0.435 e. The molecule has 0 amide bonds. The van der Waals surface area contributed by atoms with Crippen LogP contribution in [0, 0.1) is 0 Å². The highest BCUT2D eigenvalue weighted by Gasteiger charge is 2.37. The van der Waals surface area contributed by atoms with E-state index in [0.717, 1.165) is 13.2 Å². The van der Waals surface area contributed by atoms with Gasteiger partial charge in [-0.15, -0.1) is 4.73 Å². The van der Waals surface area contributed by atoms with Crippen LogP contribution in [0.4, 0.5) is 13.2 Å². The fourth-order valence-electron chi connectivity index (χ4n) is 2.77. The van der Waals surface area contributed by atoms with Crippen LogP contribution in [0.15, 0.2) is 32.5 Å². The van der Waals surface area contributed by atoms with Crippen LogP contribution < -0.4 is 10.4 Å². The Labute approximate surface area is 168 Å². The number of hydrogen-bond acceptors (Lipinski definition) is 5. The second kappa shape index (κ2) is 7.41. The summed E-state index contributed by atoms with van der Waals surface area (Å²) in [6.07, 6.45) is -3.36. The van der Waals surface area contributed by atoms with Gasteiger partial charge in [0.1, 0.15) is 18.4 Å². The third-order valence-corrected chi connectivity index (χ3v) is 5.77. The van der Waals surface area contributed by atoms with Crippen molar-refractivity contribution >= 4 is 38.1 Å². The topological polar surface area (TPSA) is 85.0 Å². The molecule has 3 aromatic heterocycles. The monoisotopic (exact) mass is 478 g/mol. The van der Waals surface area contributed by atoms with Gasteiger partial charge in [0.2, 0.25) is 0 Å². The molecule has 3 aromatic rings. The van der Waals surface area contributed by atoms with Crippen molar-refractivity contribution in [3.8, 4) is 11.5 Å². The van der Waals surface area contributed by atoms with Crippen molar-refractivity contribution in [1.82, 2.24) is 19.3 Å². The standard InChI is InChI=1S/C16H14BrF3N4O3S/c1-4-28(26)10-5-8(17)7-21-12(10)14-22-9-6-11(16(18,19)20)24(27-3)15(25)13(9)23(14)2/h5-7H,4H2,1-3H3. The molecule has 0 N–H and O–H groups in total. The third-order valence-electron chi connectivity index (χ3n) is 4.01. The first kappa shape index (κ1) is 20.7. The maximum atomic E-state index is 13.3. The third kappa shape index (κ3) is 3.40. The summed E-state index contributed by atoms with van der Waals surface area (Å²) in [5.74, 6) is 0.433. The van der Waals surface area contributed by atoms with Crippen LogP contribution >= 0.6 is 15.9 Å². The second-order valence-electron chi connectivity index (χ2n) is 5.67. The number of nitrogens with zero attached hydrogens (tertiary/aromatic N) is 4. The normalized spacial score (nSPS) is 13.1. The van der Waals surface area contributed by atoms with Crippen molar-refractivity contribution in [2.45, 2.75) is 18.0 Å². The van der Waals surface area contributed by atoms with Crippen molar-refractivity contribution < 1.29 is 22.6 Å². The largest absolute Gasteiger partial charge is 0.611 e. The molecule has 0 bridgehead atoms. The molecule has 28 heavy (non-hydrogen) atoms. The Morgan fingerprint density at radius 3 is 2.61 bits per heavy atom. The molecule has 1 unspecified atom stereocenters. The van der Waals surface area contributed by atoms with E-state index in [0.29, 0.717) is 15.1 Å². The second-order valence-corrected chi connectivity index (χ2v) is 8.30. The van der Waals surface area contributed by atoms with Crippen molar-refractivity contribution in [1.29, 1.82) is 0 Å². The SMILES string of the molecule is CC[S+]([O-])c1cc(Br)cnc1-c1nc2cc(C(F)(F)F)n(OC)c(=O)c2n1C. The van der Waals surface area contributed by atoms with Gasteiger partial charge >= 0.3 is 11.7 Å². The van der Waals surface area contributed by atoms with E-state index in [2.05, 4.69) is 30.7 Å². The van der Waals surface area contributed by atoms with Crippen LogP contribution in [0.25, 0.3) is 22.6 Å².